The van der Waals surface area contributed by atoms with Gasteiger partial charge in [-0.15, -0.1) is 0 Å². The average Bonchev–Trinajstić information content (AvgIpc) is 2.98. The number of carbonyl (C=O) groups is 1. The first kappa shape index (κ1) is 16.3. The number of fused-ring (bicyclic) bond motifs is 5. The highest BCUT2D eigenvalue weighted by atomic mass is 16.1. The van der Waals surface area contributed by atoms with E-state index in [1.165, 1.54) is 5.69 Å². The highest BCUT2D eigenvalue weighted by Gasteiger charge is 2.27. The maximum absolute atomic E-state index is 12.8. The summed E-state index contributed by atoms with van der Waals surface area (Å²) in [6, 6.07) is 8.17. The molecule has 2 heterocycles. The summed E-state index contributed by atoms with van der Waals surface area (Å²) >= 11 is 0. The minimum atomic E-state index is 0.296. The molecule has 0 atom stereocenters. The number of likely N-dealkylation sites (N-methyl/N-ethyl adjacent to an activating group) is 1. The van der Waals surface area contributed by atoms with Crippen LogP contribution in [0.1, 0.15) is 42.7 Å². The molecule has 0 aliphatic heterocycles. The summed E-state index contributed by atoms with van der Waals surface area (Å²) in [6.45, 7) is 8.43. The van der Waals surface area contributed by atoms with E-state index in [0.29, 0.717) is 12.2 Å². The number of pyridine rings is 1. The molecule has 0 radical (unpaired) electrons. The van der Waals surface area contributed by atoms with E-state index in [0.717, 1.165) is 66.4 Å². The smallest absolute Gasteiger partial charge is 0.165 e. The molecule has 1 aromatic carbocycles. The van der Waals surface area contributed by atoms with Crippen LogP contribution in [0.3, 0.4) is 0 Å². The molecule has 130 valence electrons. The topological polar surface area (TPSA) is 38.1 Å². The molecule has 1 aliphatic carbocycles. The van der Waals surface area contributed by atoms with Crippen molar-refractivity contribution in [2.24, 2.45) is 0 Å². The lowest BCUT2D eigenvalue weighted by Gasteiger charge is -2.21. The SMILES string of the molecule is CCN(CC)CCn1c2c(c3c4ccccc4ncc31)C(=O)CCC2. The van der Waals surface area contributed by atoms with Crippen LogP contribution >= 0.6 is 0 Å². The first-order valence-corrected chi connectivity index (χ1v) is 9.39. The zero-order valence-electron chi connectivity index (χ0n) is 15.1. The zero-order chi connectivity index (χ0) is 17.4. The van der Waals surface area contributed by atoms with Gasteiger partial charge in [0, 0.05) is 41.5 Å². The lowest BCUT2D eigenvalue weighted by atomic mass is 9.93. The molecular formula is C21H25N3O. The lowest BCUT2D eigenvalue weighted by molar-refractivity contribution is 0.0973. The average molecular weight is 335 g/mol. The summed E-state index contributed by atoms with van der Waals surface area (Å²) in [4.78, 5) is 19.9. The quantitative estimate of drug-likeness (QED) is 0.706. The highest BCUT2D eigenvalue weighted by molar-refractivity contribution is 6.18. The second-order valence-corrected chi connectivity index (χ2v) is 6.81. The van der Waals surface area contributed by atoms with Gasteiger partial charge in [-0.2, -0.15) is 0 Å². The Morgan fingerprint density at radius 1 is 1.16 bits per heavy atom. The fraction of sp³-hybridized carbons (Fsp3) is 0.429. The van der Waals surface area contributed by atoms with Crippen LogP contribution in [0, 0.1) is 0 Å². The molecular weight excluding hydrogens is 310 g/mol. The normalized spacial score (nSPS) is 14.6. The molecule has 0 saturated carbocycles. The van der Waals surface area contributed by atoms with E-state index in [2.05, 4.69) is 34.4 Å². The van der Waals surface area contributed by atoms with Crippen molar-refractivity contribution in [1.29, 1.82) is 0 Å². The number of aromatic nitrogens is 2. The number of hydrogen-bond acceptors (Lipinski definition) is 3. The Morgan fingerprint density at radius 2 is 1.96 bits per heavy atom. The van der Waals surface area contributed by atoms with Crippen molar-refractivity contribution in [3.63, 3.8) is 0 Å². The van der Waals surface area contributed by atoms with Gasteiger partial charge < -0.3 is 9.47 Å². The van der Waals surface area contributed by atoms with Crippen LogP contribution in [0.25, 0.3) is 21.8 Å². The summed E-state index contributed by atoms with van der Waals surface area (Å²) in [6.07, 6.45) is 4.57. The van der Waals surface area contributed by atoms with Crippen LogP contribution in [0.4, 0.5) is 0 Å². The third kappa shape index (κ3) is 2.65. The fourth-order valence-corrected chi connectivity index (χ4v) is 4.16. The van der Waals surface area contributed by atoms with Crippen LogP contribution < -0.4 is 0 Å². The van der Waals surface area contributed by atoms with Gasteiger partial charge in [-0.05, 0) is 32.0 Å². The van der Waals surface area contributed by atoms with E-state index in [4.69, 9.17) is 0 Å². The molecule has 0 unspecified atom stereocenters. The van der Waals surface area contributed by atoms with Crippen molar-refractivity contribution in [3.8, 4) is 0 Å². The van der Waals surface area contributed by atoms with Gasteiger partial charge in [0.2, 0.25) is 0 Å². The number of rotatable bonds is 5. The van der Waals surface area contributed by atoms with Crippen LogP contribution in [0.5, 0.6) is 0 Å². The fourth-order valence-electron chi connectivity index (χ4n) is 4.16. The minimum Gasteiger partial charge on any atom is -0.341 e. The van der Waals surface area contributed by atoms with Crippen molar-refractivity contribution < 1.29 is 4.79 Å². The van der Waals surface area contributed by atoms with E-state index < -0.39 is 0 Å². The third-order valence-corrected chi connectivity index (χ3v) is 5.54. The number of Topliss-reactive ketones (excluding diaryl/α,β-unsaturated/α-hetero) is 1. The Morgan fingerprint density at radius 3 is 2.76 bits per heavy atom. The monoisotopic (exact) mass is 335 g/mol. The molecule has 0 fully saturated rings. The minimum absolute atomic E-state index is 0.296. The largest absolute Gasteiger partial charge is 0.341 e. The zero-order valence-corrected chi connectivity index (χ0v) is 15.1. The molecule has 1 aliphatic rings. The summed E-state index contributed by atoms with van der Waals surface area (Å²) in [5, 5.41) is 2.22. The number of ketones is 1. The van der Waals surface area contributed by atoms with Crippen molar-refractivity contribution in [3.05, 3.63) is 41.7 Å². The van der Waals surface area contributed by atoms with E-state index in [9.17, 15) is 4.79 Å². The van der Waals surface area contributed by atoms with Crippen LogP contribution in [0.2, 0.25) is 0 Å². The molecule has 3 aromatic rings. The van der Waals surface area contributed by atoms with Gasteiger partial charge in [-0.1, -0.05) is 32.0 Å². The summed E-state index contributed by atoms with van der Waals surface area (Å²) in [7, 11) is 0. The number of carbonyl (C=O) groups excluding carboxylic acids is 1. The first-order chi connectivity index (χ1) is 12.2. The van der Waals surface area contributed by atoms with Gasteiger partial charge in [-0.3, -0.25) is 9.78 Å². The number of benzene rings is 1. The predicted octanol–water partition coefficient (Wildman–Crippen LogP) is 4.05. The van der Waals surface area contributed by atoms with Crippen LogP contribution in [0.15, 0.2) is 30.5 Å². The Labute approximate surface area is 148 Å². The molecule has 4 heteroatoms. The van der Waals surface area contributed by atoms with Gasteiger partial charge in [0.1, 0.15) is 0 Å². The summed E-state index contributed by atoms with van der Waals surface area (Å²) < 4.78 is 2.36. The maximum atomic E-state index is 12.8. The van der Waals surface area contributed by atoms with Crippen molar-refractivity contribution in [2.75, 3.05) is 19.6 Å². The standard InChI is InChI=1S/C21H25N3O/c1-3-23(4-2)12-13-24-17-10-7-11-19(25)21(17)20-15-8-5-6-9-16(15)22-14-18(20)24/h5-6,8-9,14H,3-4,7,10-13H2,1-2H3. The predicted molar refractivity (Wildman–Crippen MR) is 102 cm³/mol. The van der Waals surface area contributed by atoms with Crippen molar-refractivity contribution in [2.45, 2.75) is 39.7 Å². The lowest BCUT2D eigenvalue weighted by Crippen LogP contribution is -2.27. The van der Waals surface area contributed by atoms with E-state index in [-0.39, 0.29) is 0 Å². The molecule has 0 bridgehead atoms. The van der Waals surface area contributed by atoms with Gasteiger partial charge in [0.15, 0.2) is 5.78 Å². The Kier molecular flexibility index (Phi) is 4.30. The molecule has 0 saturated heterocycles. The Hall–Kier alpha value is -2.20. The molecule has 4 rings (SSSR count). The van der Waals surface area contributed by atoms with Crippen molar-refractivity contribution in [1.82, 2.24) is 14.5 Å². The molecule has 0 N–H and O–H groups in total. The molecule has 4 nitrogen and oxygen atoms in total. The Bertz CT molecular complexity index is 937. The van der Waals surface area contributed by atoms with E-state index >= 15 is 0 Å². The van der Waals surface area contributed by atoms with Crippen LogP contribution in [-0.4, -0.2) is 39.9 Å². The maximum Gasteiger partial charge on any atom is 0.165 e. The number of nitrogens with zero attached hydrogens (tertiary/aromatic N) is 3. The van der Waals surface area contributed by atoms with E-state index in [1.54, 1.807) is 0 Å². The highest BCUT2D eigenvalue weighted by Crippen LogP contribution is 2.35. The number of hydrogen-bond donors (Lipinski definition) is 0. The second kappa shape index (κ2) is 6.60. The van der Waals surface area contributed by atoms with E-state index in [1.807, 2.05) is 24.4 Å². The van der Waals surface area contributed by atoms with Gasteiger partial charge in [-0.25, -0.2) is 0 Å². The second-order valence-electron chi connectivity index (χ2n) is 6.81. The third-order valence-electron chi connectivity index (χ3n) is 5.54. The summed E-state index contributed by atoms with van der Waals surface area (Å²) in [5.74, 6) is 0.296. The molecule has 25 heavy (non-hydrogen) atoms. The van der Waals surface area contributed by atoms with Gasteiger partial charge in [0.05, 0.1) is 17.2 Å². The van der Waals surface area contributed by atoms with Crippen LogP contribution in [-0.2, 0) is 13.0 Å². The first-order valence-electron chi connectivity index (χ1n) is 9.39. The van der Waals surface area contributed by atoms with Gasteiger partial charge >= 0.3 is 0 Å². The Balaban J connectivity index is 1.93. The number of para-hydroxylation sites is 1. The van der Waals surface area contributed by atoms with Crippen molar-refractivity contribution >= 4 is 27.6 Å². The summed E-state index contributed by atoms with van der Waals surface area (Å²) in [5.41, 5.74) is 4.26. The van der Waals surface area contributed by atoms with Gasteiger partial charge in [0.25, 0.3) is 0 Å². The molecule has 0 spiro atoms. The molecule has 2 aromatic heterocycles. The molecule has 0 amide bonds.